The Hall–Kier alpha value is -2.22. The number of thioether (sulfide) groups is 1. The van der Waals surface area contributed by atoms with Gasteiger partial charge in [-0.3, -0.25) is 9.59 Å². The number of nitrogens with one attached hydrogen (secondary N) is 1. The molecular weight excluding hydrogens is 336 g/mol. The van der Waals surface area contributed by atoms with Crippen LogP contribution in [0.2, 0.25) is 0 Å². The van der Waals surface area contributed by atoms with Crippen molar-refractivity contribution >= 4 is 23.5 Å². The second-order valence-electron chi connectivity index (χ2n) is 5.46. The topological polar surface area (TPSA) is 64.0 Å². The van der Waals surface area contributed by atoms with Gasteiger partial charge in [0.05, 0.1) is 5.56 Å². The van der Waals surface area contributed by atoms with Gasteiger partial charge in [0.2, 0.25) is 5.91 Å². The fourth-order valence-corrected chi connectivity index (χ4v) is 3.55. The van der Waals surface area contributed by atoms with Crippen molar-refractivity contribution in [1.82, 2.24) is 9.55 Å². The van der Waals surface area contributed by atoms with E-state index in [9.17, 15) is 18.4 Å². The zero-order chi connectivity index (χ0) is 17.4. The second kappa shape index (κ2) is 6.35. The van der Waals surface area contributed by atoms with Gasteiger partial charge in [-0.25, -0.2) is 8.78 Å². The van der Waals surface area contributed by atoms with Crippen molar-refractivity contribution in [3.8, 4) is 0 Å². The predicted molar refractivity (Wildman–Crippen MR) is 87.3 cm³/mol. The summed E-state index contributed by atoms with van der Waals surface area (Å²) in [6.45, 7) is 1.92. The van der Waals surface area contributed by atoms with Crippen molar-refractivity contribution in [3.63, 3.8) is 0 Å². The lowest BCUT2D eigenvalue weighted by atomic mass is 9.86. The predicted octanol–water partition coefficient (Wildman–Crippen LogP) is 2.64. The number of nitrogens with zero attached hydrogens (tertiary/aromatic N) is 2. The van der Waals surface area contributed by atoms with Crippen molar-refractivity contribution in [2.75, 3.05) is 11.1 Å². The van der Waals surface area contributed by atoms with Crippen molar-refractivity contribution < 1.29 is 13.6 Å². The molecule has 1 aromatic heterocycles. The average Bonchev–Trinajstić information content (AvgIpc) is 2.50. The van der Waals surface area contributed by atoms with E-state index in [-0.39, 0.29) is 23.5 Å². The summed E-state index contributed by atoms with van der Waals surface area (Å²) in [4.78, 5) is 28.6. The molecule has 24 heavy (non-hydrogen) atoms. The van der Waals surface area contributed by atoms with E-state index in [4.69, 9.17) is 0 Å². The van der Waals surface area contributed by atoms with Crippen molar-refractivity contribution in [2.45, 2.75) is 24.4 Å². The maximum absolute atomic E-state index is 13.6. The molecule has 0 saturated carbocycles. The number of benzene rings is 1. The summed E-state index contributed by atoms with van der Waals surface area (Å²) in [5.74, 6) is -1.50. The van der Waals surface area contributed by atoms with E-state index in [2.05, 4.69) is 10.3 Å². The molecule has 126 valence electrons. The van der Waals surface area contributed by atoms with Crippen molar-refractivity contribution in [2.24, 2.45) is 7.05 Å². The molecule has 1 aliphatic rings. The molecule has 2 aromatic rings. The van der Waals surface area contributed by atoms with Gasteiger partial charge in [0.15, 0.2) is 5.16 Å². The smallest absolute Gasteiger partial charge is 0.279 e. The molecule has 0 fully saturated rings. The fourth-order valence-electron chi connectivity index (χ4n) is 2.85. The van der Waals surface area contributed by atoms with Crippen LogP contribution in [0.25, 0.3) is 0 Å². The monoisotopic (exact) mass is 351 g/mol. The van der Waals surface area contributed by atoms with Crippen LogP contribution in [0.15, 0.2) is 28.2 Å². The molecule has 1 N–H and O–H groups in total. The van der Waals surface area contributed by atoms with E-state index >= 15 is 0 Å². The molecule has 1 amide bonds. The summed E-state index contributed by atoms with van der Waals surface area (Å²) in [5, 5.41) is 3.16. The maximum Gasteiger partial charge on any atom is 0.279 e. The summed E-state index contributed by atoms with van der Waals surface area (Å²) in [5.41, 5.74) is 0.00895. The van der Waals surface area contributed by atoms with Crippen molar-refractivity contribution in [1.29, 1.82) is 0 Å². The van der Waals surface area contributed by atoms with Crippen LogP contribution in [0.1, 0.15) is 30.4 Å². The number of anilines is 1. The Morgan fingerprint density at radius 2 is 1.96 bits per heavy atom. The molecule has 1 aromatic carbocycles. The Morgan fingerprint density at radius 1 is 1.29 bits per heavy atom. The highest BCUT2D eigenvalue weighted by Crippen LogP contribution is 2.36. The van der Waals surface area contributed by atoms with Gasteiger partial charge in [-0.15, -0.1) is 0 Å². The number of amides is 1. The molecule has 0 spiro atoms. The first-order chi connectivity index (χ1) is 11.4. The first-order valence-electron chi connectivity index (χ1n) is 7.40. The molecule has 1 atom stereocenters. The fraction of sp³-hybridized carbons (Fsp3) is 0.312. The molecule has 2 heterocycles. The number of hydrogen-bond donors (Lipinski definition) is 1. The van der Waals surface area contributed by atoms with E-state index < -0.39 is 23.1 Å². The van der Waals surface area contributed by atoms with Crippen LogP contribution in [0, 0.1) is 11.6 Å². The zero-order valence-electron chi connectivity index (χ0n) is 13.1. The minimum atomic E-state index is -0.750. The second-order valence-corrected chi connectivity index (χ2v) is 6.69. The number of fused-ring (bicyclic) bond motifs is 1. The third kappa shape index (κ3) is 2.93. The molecule has 1 aliphatic heterocycles. The minimum absolute atomic E-state index is 0.0624. The third-order valence-electron chi connectivity index (χ3n) is 3.86. The number of aromatic nitrogens is 2. The highest BCUT2D eigenvalue weighted by Gasteiger charge is 2.32. The van der Waals surface area contributed by atoms with Crippen molar-refractivity contribution in [3.05, 3.63) is 51.3 Å². The van der Waals surface area contributed by atoms with Crippen LogP contribution in [0.5, 0.6) is 0 Å². The van der Waals surface area contributed by atoms with Gasteiger partial charge >= 0.3 is 0 Å². The van der Waals surface area contributed by atoms with Gasteiger partial charge in [-0.2, -0.15) is 4.98 Å². The number of halogens is 2. The van der Waals surface area contributed by atoms with Gasteiger partial charge in [0, 0.05) is 25.5 Å². The average molecular weight is 351 g/mol. The van der Waals surface area contributed by atoms with Crippen LogP contribution in [0.3, 0.4) is 0 Å². The first-order valence-corrected chi connectivity index (χ1v) is 8.38. The Kier molecular flexibility index (Phi) is 4.40. The zero-order valence-corrected chi connectivity index (χ0v) is 13.9. The van der Waals surface area contributed by atoms with E-state index in [0.717, 1.165) is 18.2 Å². The minimum Gasteiger partial charge on any atom is -0.312 e. The molecule has 0 saturated heterocycles. The summed E-state index contributed by atoms with van der Waals surface area (Å²) in [7, 11) is 1.69. The third-order valence-corrected chi connectivity index (χ3v) is 4.77. The first kappa shape index (κ1) is 16.6. The quantitative estimate of drug-likeness (QED) is 0.682. The number of carbonyl (C=O) groups is 1. The molecule has 0 radical (unpaired) electrons. The van der Waals surface area contributed by atoms with E-state index in [1.165, 1.54) is 11.8 Å². The normalized spacial score (nSPS) is 16.7. The van der Waals surface area contributed by atoms with Crippen LogP contribution < -0.4 is 10.9 Å². The Morgan fingerprint density at radius 3 is 2.58 bits per heavy atom. The van der Waals surface area contributed by atoms with E-state index in [1.54, 1.807) is 11.6 Å². The number of hydrogen-bond acceptors (Lipinski definition) is 4. The lowest BCUT2D eigenvalue weighted by Gasteiger charge is -2.27. The van der Waals surface area contributed by atoms with Crippen LogP contribution in [0.4, 0.5) is 14.6 Å². The highest BCUT2D eigenvalue weighted by molar-refractivity contribution is 7.99. The summed E-state index contributed by atoms with van der Waals surface area (Å²) in [6.07, 6.45) is -0.0624. The Labute approximate surface area is 141 Å². The summed E-state index contributed by atoms with van der Waals surface area (Å²) < 4.78 is 28.7. The molecule has 8 heteroatoms. The number of rotatable bonds is 3. The lowest BCUT2D eigenvalue weighted by Crippen LogP contribution is -2.33. The van der Waals surface area contributed by atoms with Gasteiger partial charge in [0.25, 0.3) is 5.56 Å². The highest BCUT2D eigenvalue weighted by atomic mass is 32.2. The largest absolute Gasteiger partial charge is 0.312 e. The van der Waals surface area contributed by atoms with Gasteiger partial charge in [-0.1, -0.05) is 18.7 Å². The molecule has 0 unspecified atom stereocenters. The number of carbonyl (C=O) groups excluding carboxylic acids is 1. The van der Waals surface area contributed by atoms with Crippen LogP contribution >= 0.6 is 11.8 Å². The SMILES string of the molecule is CCSc1nc(=O)c2c(n1C)NC(=O)C[C@H]2c1cc(F)cc(F)c1. The lowest BCUT2D eigenvalue weighted by molar-refractivity contribution is -0.116. The van der Waals surface area contributed by atoms with Crippen LogP contribution in [-0.2, 0) is 11.8 Å². The van der Waals surface area contributed by atoms with Gasteiger partial charge < -0.3 is 9.88 Å². The molecule has 5 nitrogen and oxygen atoms in total. The summed E-state index contributed by atoms with van der Waals surface area (Å²) >= 11 is 1.37. The van der Waals surface area contributed by atoms with E-state index in [0.29, 0.717) is 16.7 Å². The van der Waals surface area contributed by atoms with Gasteiger partial charge in [-0.05, 0) is 23.4 Å². The molecule has 0 aliphatic carbocycles. The summed E-state index contributed by atoms with van der Waals surface area (Å²) in [6, 6.07) is 3.04. The maximum atomic E-state index is 13.6. The molecule has 3 rings (SSSR count). The molecule has 0 bridgehead atoms. The standard InChI is InChI=1S/C16H15F2N3O2S/c1-3-24-16-20-15(23)13-11(7-12(22)19-14(13)21(16)2)8-4-9(17)6-10(18)5-8/h4-6,11H,3,7H2,1-2H3,(H,19,22)/t11-/m0/s1. The Bertz CT molecular complexity index is 862. The Balaban J connectivity index is 2.21. The van der Waals surface area contributed by atoms with E-state index in [1.807, 2.05) is 6.92 Å². The molecular formula is C16H15F2N3O2S. The van der Waals surface area contributed by atoms with Gasteiger partial charge in [0.1, 0.15) is 17.5 Å². The van der Waals surface area contributed by atoms with Crippen LogP contribution in [-0.4, -0.2) is 21.2 Å².